The van der Waals surface area contributed by atoms with Gasteiger partial charge in [0.1, 0.15) is 11.3 Å². The fraction of sp³-hybridized carbons (Fsp3) is 0.0833. The first-order valence-electron chi connectivity index (χ1n) is 5.31. The van der Waals surface area contributed by atoms with Crippen LogP contribution in [0.5, 0.6) is 0 Å². The average Bonchev–Trinajstić information content (AvgIpc) is 2.74. The van der Waals surface area contributed by atoms with Gasteiger partial charge >= 0.3 is 5.97 Å². The van der Waals surface area contributed by atoms with Gasteiger partial charge in [0.05, 0.1) is 6.20 Å². The number of carboxylic acid groups (broad SMARTS) is 1. The maximum Gasteiger partial charge on any atom is 0.339 e. The van der Waals surface area contributed by atoms with Gasteiger partial charge in [0.25, 0.3) is 5.91 Å². The monoisotopic (exact) mass is 323 g/mol. The number of amides is 1. The number of rotatable bonds is 3. The predicted molar refractivity (Wildman–Crippen MR) is 72.3 cm³/mol. The molecule has 0 saturated heterocycles. The summed E-state index contributed by atoms with van der Waals surface area (Å²) in [5.74, 6) is -1.70. The van der Waals surface area contributed by atoms with E-state index in [-0.39, 0.29) is 11.3 Å². The highest BCUT2D eigenvalue weighted by Crippen LogP contribution is 2.16. The van der Waals surface area contributed by atoms with Crippen molar-refractivity contribution in [2.24, 2.45) is 7.05 Å². The number of halogens is 1. The Morgan fingerprint density at radius 1 is 1.32 bits per heavy atom. The number of nitrogens with one attached hydrogen (secondary N) is 1. The third kappa shape index (κ3) is 2.82. The number of aromatic carboxylic acids is 1. The molecule has 0 fully saturated rings. The van der Waals surface area contributed by atoms with Crippen molar-refractivity contribution in [1.29, 1.82) is 0 Å². The minimum atomic E-state index is -1.19. The minimum Gasteiger partial charge on any atom is -0.478 e. The van der Waals surface area contributed by atoms with Gasteiger partial charge in [-0.3, -0.25) is 9.48 Å². The molecule has 6 nitrogen and oxygen atoms in total. The van der Waals surface area contributed by atoms with Crippen LogP contribution < -0.4 is 5.32 Å². The van der Waals surface area contributed by atoms with Gasteiger partial charge in [0.15, 0.2) is 0 Å². The molecule has 2 N–H and O–H groups in total. The Morgan fingerprint density at radius 2 is 1.95 bits per heavy atom. The van der Waals surface area contributed by atoms with Crippen molar-refractivity contribution < 1.29 is 14.7 Å². The molecule has 0 saturated carbocycles. The molecule has 0 aliphatic carbocycles. The Hall–Kier alpha value is -2.15. The van der Waals surface area contributed by atoms with Gasteiger partial charge < -0.3 is 10.4 Å². The molecule has 0 unspecified atom stereocenters. The van der Waals surface area contributed by atoms with E-state index in [9.17, 15) is 9.59 Å². The largest absolute Gasteiger partial charge is 0.478 e. The van der Waals surface area contributed by atoms with E-state index in [0.717, 1.165) is 10.7 Å². The molecule has 1 aromatic carbocycles. The number of nitrogens with zero attached hydrogens (tertiary/aromatic N) is 2. The Bertz CT molecular complexity index is 634. The van der Waals surface area contributed by atoms with Gasteiger partial charge in [-0.15, -0.1) is 0 Å². The van der Waals surface area contributed by atoms with E-state index in [1.165, 1.54) is 11.7 Å². The smallest absolute Gasteiger partial charge is 0.339 e. The van der Waals surface area contributed by atoms with Crippen LogP contribution in [0.3, 0.4) is 0 Å². The van der Waals surface area contributed by atoms with Crippen LogP contribution in [-0.2, 0) is 7.05 Å². The highest BCUT2D eigenvalue weighted by Gasteiger charge is 2.21. The van der Waals surface area contributed by atoms with E-state index in [4.69, 9.17) is 5.11 Å². The van der Waals surface area contributed by atoms with E-state index < -0.39 is 11.9 Å². The molecule has 0 aliphatic heterocycles. The Balaban J connectivity index is 2.27. The second-order valence-corrected chi connectivity index (χ2v) is 4.71. The SMILES string of the molecule is Cn1ncc(C(=O)O)c1C(=O)Nc1ccc(Br)cc1. The highest BCUT2D eigenvalue weighted by atomic mass is 79.9. The van der Waals surface area contributed by atoms with Crippen molar-refractivity contribution >= 4 is 33.5 Å². The summed E-state index contributed by atoms with van der Waals surface area (Å²) in [6.45, 7) is 0. The molecular formula is C12H10BrN3O3. The van der Waals surface area contributed by atoms with Crippen molar-refractivity contribution in [2.45, 2.75) is 0 Å². The maximum atomic E-state index is 12.1. The van der Waals surface area contributed by atoms with Crippen molar-refractivity contribution in [1.82, 2.24) is 9.78 Å². The van der Waals surface area contributed by atoms with Crippen molar-refractivity contribution in [3.63, 3.8) is 0 Å². The summed E-state index contributed by atoms with van der Waals surface area (Å²) >= 11 is 3.29. The Labute approximate surface area is 117 Å². The summed E-state index contributed by atoms with van der Waals surface area (Å²) in [6, 6.07) is 6.96. The molecule has 7 heteroatoms. The fourth-order valence-electron chi connectivity index (χ4n) is 1.59. The summed E-state index contributed by atoms with van der Waals surface area (Å²) in [6.07, 6.45) is 1.15. The second kappa shape index (κ2) is 5.23. The van der Waals surface area contributed by atoms with Crippen molar-refractivity contribution in [2.75, 3.05) is 5.32 Å². The number of carboxylic acids is 1. The van der Waals surface area contributed by atoms with Crippen LogP contribution >= 0.6 is 15.9 Å². The van der Waals surface area contributed by atoms with Crippen LogP contribution in [-0.4, -0.2) is 26.8 Å². The molecular weight excluding hydrogens is 314 g/mol. The van der Waals surface area contributed by atoms with Crippen molar-refractivity contribution in [3.8, 4) is 0 Å². The van der Waals surface area contributed by atoms with Crippen LogP contribution in [0.2, 0.25) is 0 Å². The average molecular weight is 324 g/mol. The molecule has 2 rings (SSSR count). The quantitative estimate of drug-likeness (QED) is 0.906. The summed E-state index contributed by atoms with van der Waals surface area (Å²) in [4.78, 5) is 23.1. The van der Waals surface area contributed by atoms with E-state index in [0.29, 0.717) is 5.69 Å². The number of hydrogen-bond donors (Lipinski definition) is 2. The molecule has 19 heavy (non-hydrogen) atoms. The van der Waals surface area contributed by atoms with E-state index in [1.54, 1.807) is 24.3 Å². The molecule has 2 aromatic rings. The molecule has 0 atom stereocenters. The van der Waals surface area contributed by atoms with Gasteiger partial charge in [0, 0.05) is 17.2 Å². The second-order valence-electron chi connectivity index (χ2n) is 3.80. The number of hydrogen-bond acceptors (Lipinski definition) is 3. The summed E-state index contributed by atoms with van der Waals surface area (Å²) in [5.41, 5.74) is 0.457. The standard InChI is InChI=1S/C12H10BrN3O3/c1-16-10(9(6-14-16)12(18)19)11(17)15-8-4-2-7(13)3-5-8/h2-6H,1H3,(H,15,17)(H,18,19). The lowest BCUT2D eigenvalue weighted by molar-refractivity contribution is 0.0692. The topological polar surface area (TPSA) is 84.2 Å². The molecule has 0 bridgehead atoms. The molecule has 98 valence electrons. The molecule has 1 amide bonds. The zero-order valence-electron chi connectivity index (χ0n) is 9.92. The lowest BCUT2D eigenvalue weighted by Crippen LogP contribution is -2.19. The number of anilines is 1. The molecule has 0 spiro atoms. The Morgan fingerprint density at radius 3 is 2.53 bits per heavy atom. The molecule has 1 aromatic heterocycles. The van der Waals surface area contributed by atoms with E-state index >= 15 is 0 Å². The number of benzene rings is 1. The van der Waals surface area contributed by atoms with Gasteiger partial charge in [-0.1, -0.05) is 15.9 Å². The highest BCUT2D eigenvalue weighted by molar-refractivity contribution is 9.10. The predicted octanol–water partition coefficient (Wildman–Crippen LogP) is 2.13. The third-order valence-electron chi connectivity index (χ3n) is 2.49. The zero-order chi connectivity index (χ0) is 14.0. The molecule has 0 aliphatic rings. The maximum absolute atomic E-state index is 12.1. The Kier molecular flexibility index (Phi) is 3.66. The summed E-state index contributed by atoms with van der Waals surface area (Å²) < 4.78 is 2.12. The summed E-state index contributed by atoms with van der Waals surface area (Å²) in [5, 5.41) is 15.4. The van der Waals surface area contributed by atoms with E-state index in [2.05, 4.69) is 26.3 Å². The van der Waals surface area contributed by atoms with Gasteiger partial charge in [-0.25, -0.2) is 4.79 Å². The van der Waals surface area contributed by atoms with Crippen LogP contribution in [0.25, 0.3) is 0 Å². The van der Waals surface area contributed by atoms with Crippen LogP contribution in [0.15, 0.2) is 34.9 Å². The number of aromatic nitrogens is 2. The number of carbonyl (C=O) groups is 2. The summed E-state index contributed by atoms with van der Waals surface area (Å²) in [7, 11) is 1.52. The fourth-order valence-corrected chi connectivity index (χ4v) is 1.85. The number of aryl methyl sites for hydroxylation is 1. The lowest BCUT2D eigenvalue weighted by atomic mass is 10.2. The zero-order valence-corrected chi connectivity index (χ0v) is 11.5. The molecule has 0 radical (unpaired) electrons. The van der Waals surface area contributed by atoms with Crippen LogP contribution in [0.1, 0.15) is 20.8 Å². The molecule has 1 heterocycles. The van der Waals surface area contributed by atoms with Crippen LogP contribution in [0.4, 0.5) is 5.69 Å². The minimum absolute atomic E-state index is 0.00965. The first-order chi connectivity index (χ1) is 8.99. The van der Waals surface area contributed by atoms with Gasteiger partial charge in [-0.05, 0) is 24.3 Å². The normalized spacial score (nSPS) is 10.2. The first kappa shape index (κ1) is 13.3. The van der Waals surface area contributed by atoms with Crippen molar-refractivity contribution in [3.05, 3.63) is 46.2 Å². The first-order valence-corrected chi connectivity index (χ1v) is 6.10. The third-order valence-corrected chi connectivity index (χ3v) is 3.02. The lowest BCUT2D eigenvalue weighted by Gasteiger charge is -2.06. The number of carbonyl (C=O) groups excluding carboxylic acids is 1. The van der Waals surface area contributed by atoms with E-state index in [1.807, 2.05) is 0 Å². The van der Waals surface area contributed by atoms with Gasteiger partial charge in [0.2, 0.25) is 0 Å². The van der Waals surface area contributed by atoms with Gasteiger partial charge in [-0.2, -0.15) is 5.10 Å². The van der Waals surface area contributed by atoms with Crippen LogP contribution in [0, 0.1) is 0 Å².